The number of hydrogen-bond donors (Lipinski definition) is 1. The van der Waals surface area contributed by atoms with Gasteiger partial charge in [-0.25, -0.2) is 13.4 Å². The zero-order valence-corrected chi connectivity index (χ0v) is 14.3. The van der Waals surface area contributed by atoms with E-state index in [0.29, 0.717) is 17.0 Å². The molecule has 0 bridgehead atoms. The van der Waals surface area contributed by atoms with Crippen LogP contribution < -0.4 is 0 Å². The maximum Gasteiger partial charge on any atom is 0.151 e. The minimum Gasteiger partial charge on any atom is -0.346 e. The van der Waals surface area contributed by atoms with Gasteiger partial charge in [-0.1, -0.05) is 25.1 Å². The molecule has 1 atom stereocenters. The third-order valence-corrected chi connectivity index (χ3v) is 7.42. The molecule has 3 rings (SSSR count). The highest BCUT2D eigenvalue weighted by atomic mass is 79.9. The van der Waals surface area contributed by atoms with Gasteiger partial charge in [-0.05, 0) is 35.2 Å². The van der Waals surface area contributed by atoms with Gasteiger partial charge in [0.2, 0.25) is 0 Å². The second kappa shape index (κ2) is 5.50. The summed E-state index contributed by atoms with van der Waals surface area (Å²) in [6, 6.07) is 0. The van der Waals surface area contributed by atoms with Crippen LogP contribution in [0.25, 0.3) is 0 Å². The molecular formula is C13H17BrN2O2S2. The summed E-state index contributed by atoms with van der Waals surface area (Å²) in [4.78, 5) is 7.79. The zero-order valence-electron chi connectivity index (χ0n) is 11.1. The van der Waals surface area contributed by atoms with Gasteiger partial charge in [0.05, 0.1) is 16.0 Å². The average molecular weight is 377 g/mol. The SMILES string of the molecule is O=S1(=O)CCC(c2nc(=S)c(Br)c(C3CCCC3)[nH]2)C1. The van der Waals surface area contributed by atoms with Crippen LogP contribution in [0.15, 0.2) is 4.47 Å². The molecule has 2 fully saturated rings. The maximum atomic E-state index is 11.6. The number of nitrogens with one attached hydrogen (secondary N) is 1. The van der Waals surface area contributed by atoms with Crippen LogP contribution in [-0.4, -0.2) is 29.9 Å². The summed E-state index contributed by atoms with van der Waals surface area (Å²) in [5, 5.41) is 0. The number of rotatable bonds is 2. The first kappa shape index (κ1) is 14.7. The predicted molar refractivity (Wildman–Crippen MR) is 84.3 cm³/mol. The summed E-state index contributed by atoms with van der Waals surface area (Å²) in [7, 11) is -2.90. The molecule has 0 radical (unpaired) electrons. The molecule has 2 heterocycles. The van der Waals surface area contributed by atoms with Crippen LogP contribution in [0.4, 0.5) is 0 Å². The van der Waals surface area contributed by atoms with E-state index in [1.54, 1.807) is 0 Å². The van der Waals surface area contributed by atoms with Crippen molar-refractivity contribution >= 4 is 38.0 Å². The van der Waals surface area contributed by atoms with E-state index in [2.05, 4.69) is 25.9 Å². The second-order valence-electron chi connectivity index (χ2n) is 5.74. The van der Waals surface area contributed by atoms with Gasteiger partial charge in [-0.3, -0.25) is 0 Å². The summed E-state index contributed by atoms with van der Waals surface area (Å²) in [5.41, 5.74) is 1.11. The molecule has 1 unspecified atom stereocenters. The summed E-state index contributed by atoms with van der Waals surface area (Å²) in [6.45, 7) is 0. The molecule has 1 aromatic rings. The molecule has 0 aromatic carbocycles. The van der Waals surface area contributed by atoms with Gasteiger partial charge in [-0.15, -0.1) is 0 Å². The Hall–Kier alpha value is -0.270. The number of nitrogens with zero attached hydrogens (tertiary/aromatic N) is 1. The third-order valence-electron chi connectivity index (χ3n) is 4.29. The van der Waals surface area contributed by atoms with Gasteiger partial charge in [0.25, 0.3) is 0 Å². The van der Waals surface area contributed by atoms with E-state index in [1.165, 1.54) is 12.8 Å². The Kier molecular flexibility index (Phi) is 4.03. The summed E-state index contributed by atoms with van der Waals surface area (Å²) in [6.07, 6.45) is 5.46. The largest absolute Gasteiger partial charge is 0.346 e. The van der Waals surface area contributed by atoms with Gasteiger partial charge in [-0.2, -0.15) is 0 Å². The molecule has 0 amide bonds. The lowest BCUT2D eigenvalue weighted by atomic mass is 10.0. The highest BCUT2D eigenvalue weighted by molar-refractivity contribution is 9.10. The van der Waals surface area contributed by atoms with E-state index in [-0.39, 0.29) is 17.4 Å². The van der Waals surface area contributed by atoms with Crippen LogP contribution in [-0.2, 0) is 9.84 Å². The number of hydrogen-bond acceptors (Lipinski definition) is 4. The lowest BCUT2D eigenvalue weighted by molar-refractivity contribution is 0.600. The highest BCUT2D eigenvalue weighted by Crippen LogP contribution is 2.38. The Morgan fingerprint density at radius 3 is 2.50 bits per heavy atom. The van der Waals surface area contributed by atoms with E-state index in [4.69, 9.17) is 12.2 Å². The average Bonchev–Trinajstić information content (AvgIpc) is 3.01. The number of H-pyrrole nitrogens is 1. The van der Waals surface area contributed by atoms with Crippen molar-refractivity contribution in [2.24, 2.45) is 0 Å². The van der Waals surface area contributed by atoms with Crippen LogP contribution >= 0.6 is 28.1 Å². The third kappa shape index (κ3) is 2.85. The normalized spacial score (nSPS) is 26.1. The molecule has 7 heteroatoms. The molecule has 1 saturated heterocycles. The van der Waals surface area contributed by atoms with Crippen molar-refractivity contribution < 1.29 is 8.42 Å². The first-order chi connectivity index (χ1) is 9.46. The molecule has 1 aliphatic heterocycles. The molecular weight excluding hydrogens is 360 g/mol. The quantitative estimate of drug-likeness (QED) is 0.802. The molecule has 0 spiro atoms. The highest BCUT2D eigenvalue weighted by Gasteiger charge is 2.31. The molecule has 4 nitrogen and oxygen atoms in total. The van der Waals surface area contributed by atoms with Gasteiger partial charge in [0.15, 0.2) is 9.84 Å². The Morgan fingerprint density at radius 2 is 1.90 bits per heavy atom. The first-order valence-electron chi connectivity index (χ1n) is 6.96. The van der Waals surface area contributed by atoms with Crippen LogP contribution in [0.1, 0.15) is 55.5 Å². The molecule has 1 N–H and O–H groups in total. The van der Waals surface area contributed by atoms with E-state index in [0.717, 1.165) is 28.8 Å². The van der Waals surface area contributed by atoms with Gasteiger partial charge in [0.1, 0.15) is 10.5 Å². The Balaban J connectivity index is 1.98. The lowest BCUT2D eigenvalue weighted by Gasteiger charge is -2.16. The van der Waals surface area contributed by atoms with Crippen LogP contribution in [0, 0.1) is 4.64 Å². The van der Waals surface area contributed by atoms with Crippen LogP contribution in [0.3, 0.4) is 0 Å². The molecule has 20 heavy (non-hydrogen) atoms. The van der Waals surface area contributed by atoms with E-state index in [9.17, 15) is 8.42 Å². The molecule has 110 valence electrons. The van der Waals surface area contributed by atoms with Gasteiger partial charge in [0, 0.05) is 17.5 Å². The fourth-order valence-corrected chi connectivity index (χ4v) is 5.66. The molecule has 1 saturated carbocycles. The van der Waals surface area contributed by atoms with Gasteiger partial charge >= 0.3 is 0 Å². The fraction of sp³-hybridized carbons (Fsp3) is 0.692. The number of aromatic amines is 1. The molecule has 1 aliphatic carbocycles. The summed E-state index contributed by atoms with van der Waals surface area (Å²) < 4.78 is 24.7. The maximum absolute atomic E-state index is 11.6. The van der Waals surface area contributed by atoms with Crippen molar-refractivity contribution in [2.45, 2.75) is 43.9 Å². The Labute approximate surface area is 132 Å². The van der Waals surface area contributed by atoms with Crippen molar-refractivity contribution in [3.63, 3.8) is 0 Å². The smallest absolute Gasteiger partial charge is 0.151 e. The van der Waals surface area contributed by atoms with Gasteiger partial charge < -0.3 is 4.98 Å². The monoisotopic (exact) mass is 376 g/mol. The lowest BCUT2D eigenvalue weighted by Crippen LogP contribution is -2.11. The molecule has 2 aliphatic rings. The predicted octanol–water partition coefficient (Wildman–Crippen LogP) is 3.46. The zero-order chi connectivity index (χ0) is 14.3. The standard InChI is InChI=1S/C13H17BrN2O2S2/c14-10-11(8-3-1-2-4-8)15-12(16-13(10)19)9-5-6-20(17,18)7-9/h8-9H,1-7H2,(H,15,16,19). The topological polar surface area (TPSA) is 62.8 Å². The van der Waals surface area contributed by atoms with E-state index < -0.39 is 9.84 Å². The molecule has 1 aromatic heterocycles. The number of halogens is 1. The minimum absolute atomic E-state index is 0.0325. The Bertz CT molecular complexity index is 678. The van der Waals surface area contributed by atoms with Crippen molar-refractivity contribution in [2.75, 3.05) is 11.5 Å². The van der Waals surface area contributed by atoms with E-state index >= 15 is 0 Å². The number of sulfone groups is 1. The van der Waals surface area contributed by atoms with Crippen LogP contribution in [0.2, 0.25) is 0 Å². The summed E-state index contributed by atoms with van der Waals surface area (Å²) >= 11 is 8.87. The summed E-state index contributed by atoms with van der Waals surface area (Å²) in [5.74, 6) is 1.66. The van der Waals surface area contributed by atoms with Crippen molar-refractivity contribution in [1.29, 1.82) is 0 Å². The van der Waals surface area contributed by atoms with Crippen molar-refractivity contribution in [1.82, 2.24) is 9.97 Å². The number of aromatic nitrogens is 2. The second-order valence-corrected chi connectivity index (χ2v) is 9.14. The van der Waals surface area contributed by atoms with Crippen LogP contribution in [0.5, 0.6) is 0 Å². The first-order valence-corrected chi connectivity index (χ1v) is 9.98. The minimum atomic E-state index is -2.90. The van der Waals surface area contributed by atoms with E-state index in [1.807, 2.05) is 0 Å². The fourth-order valence-electron chi connectivity index (χ4n) is 3.19. The van der Waals surface area contributed by atoms with Crippen molar-refractivity contribution in [3.8, 4) is 0 Å². The Morgan fingerprint density at radius 1 is 1.20 bits per heavy atom. The van der Waals surface area contributed by atoms with Crippen molar-refractivity contribution in [3.05, 3.63) is 20.6 Å².